The van der Waals surface area contributed by atoms with E-state index in [4.69, 9.17) is 5.73 Å². The molecule has 3 aliphatic rings. The summed E-state index contributed by atoms with van der Waals surface area (Å²) in [6, 6.07) is 0. The molecule has 2 fully saturated rings. The third-order valence-electron chi connectivity index (χ3n) is 3.90. The Kier molecular flexibility index (Phi) is 1.94. The molecule has 15 heavy (non-hydrogen) atoms. The predicted molar refractivity (Wildman–Crippen MR) is 58.8 cm³/mol. The first-order valence-corrected chi connectivity index (χ1v) is 5.74. The molecule has 3 aliphatic carbocycles. The highest BCUT2D eigenvalue weighted by atomic mass is 16.3. The van der Waals surface area contributed by atoms with Crippen molar-refractivity contribution in [2.24, 2.45) is 40.5 Å². The Morgan fingerprint density at radius 2 is 2.20 bits per heavy atom. The molecule has 2 N–H and O–H groups in total. The van der Waals surface area contributed by atoms with Gasteiger partial charge in [-0.1, -0.05) is 23.4 Å². The van der Waals surface area contributed by atoms with Crippen LogP contribution in [-0.4, -0.2) is 6.54 Å². The second-order valence-corrected chi connectivity index (χ2v) is 5.11. The number of nitroso groups, excluding NO2 is 1. The highest BCUT2D eigenvalue weighted by molar-refractivity contribution is 5.28. The van der Waals surface area contributed by atoms with Gasteiger partial charge in [0.05, 0.1) is 6.54 Å². The lowest BCUT2D eigenvalue weighted by atomic mass is 10.1. The predicted octanol–water partition coefficient (Wildman–Crippen LogP) is 2.05. The molecular weight excluding hydrogens is 188 g/mol. The molecule has 0 aromatic rings. The Labute approximate surface area is 89.4 Å². The SMILES string of the molecule is N/C(=C\C1C=C1)C1CC1C1CC1CN=O. The first kappa shape index (κ1) is 9.13. The van der Waals surface area contributed by atoms with E-state index in [0.717, 1.165) is 17.5 Å². The quantitative estimate of drug-likeness (QED) is 0.550. The van der Waals surface area contributed by atoms with Gasteiger partial charge in [-0.3, -0.25) is 0 Å². The minimum Gasteiger partial charge on any atom is -0.402 e. The topological polar surface area (TPSA) is 55.4 Å². The number of hydrogen-bond acceptors (Lipinski definition) is 3. The summed E-state index contributed by atoms with van der Waals surface area (Å²) in [5, 5.41) is 2.98. The van der Waals surface area contributed by atoms with Gasteiger partial charge in [-0.2, -0.15) is 4.91 Å². The fourth-order valence-corrected chi connectivity index (χ4v) is 2.69. The second-order valence-electron chi connectivity index (χ2n) is 5.11. The summed E-state index contributed by atoms with van der Waals surface area (Å²) in [4.78, 5) is 10.1. The molecule has 4 unspecified atom stereocenters. The highest BCUT2D eigenvalue weighted by Crippen LogP contribution is 2.59. The summed E-state index contributed by atoms with van der Waals surface area (Å²) in [5.41, 5.74) is 7.10. The Morgan fingerprint density at radius 1 is 1.40 bits per heavy atom. The fourth-order valence-electron chi connectivity index (χ4n) is 2.69. The van der Waals surface area contributed by atoms with Gasteiger partial charge in [-0.25, -0.2) is 0 Å². The van der Waals surface area contributed by atoms with Crippen molar-refractivity contribution < 1.29 is 0 Å². The average molecular weight is 204 g/mol. The number of allylic oxidation sites excluding steroid dienone is 4. The van der Waals surface area contributed by atoms with Crippen LogP contribution in [-0.2, 0) is 0 Å². The molecule has 0 amide bonds. The van der Waals surface area contributed by atoms with E-state index in [0.29, 0.717) is 24.3 Å². The summed E-state index contributed by atoms with van der Waals surface area (Å²) >= 11 is 0. The Balaban J connectivity index is 1.50. The van der Waals surface area contributed by atoms with E-state index >= 15 is 0 Å². The fraction of sp³-hybridized carbons (Fsp3) is 0.667. The van der Waals surface area contributed by atoms with Gasteiger partial charge in [-0.15, -0.1) is 0 Å². The molecular formula is C12H16N2O. The van der Waals surface area contributed by atoms with E-state index < -0.39 is 0 Å². The third kappa shape index (κ3) is 1.83. The lowest BCUT2D eigenvalue weighted by Crippen LogP contribution is -2.03. The maximum atomic E-state index is 10.1. The molecule has 0 bridgehead atoms. The molecule has 0 aliphatic heterocycles. The zero-order valence-corrected chi connectivity index (χ0v) is 8.67. The Morgan fingerprint density at radius 3 is 2.87 bits per heavy atom. The van der Waals surface area contributed by atoms with Crippen molar-refractivity contribution in [3.8, 4) is 0 Å². The largest absolute Gasteiger partial charge is 0.402 e. The summed E-state index contributed by atoms with van der Waals surface area (Å²) in [5.74, 6) is 3.22. The van der Waals surface area contributed by atoms with E-state index in [1.54, 1.807) is 0 Å². The molecule has 3 nitrogen and oxygen atoms in total. The van der Waals surface area contributed by atoms with Gasteiger partial charge in [0.25, 0.3) is 0 Å². The molecule has 0 heterocycles. The number of nitrogens with two attached hydrogens (primary N) is 1. The van der Waals surface area contributed by atoms with Crippen molar-refractivity contribution in [3.05, 3.63) is 28.8 Å². The van der Waals surface area contributed by atoms with Crippen molar-refractivity contribution in [2.75, 3.05) is 6.54 Å². The molecule has 3 rings (SSSR count). The first-order chi connectivity index (χ1) is 7.29. The molecule has 2 saturated carbocycles. The maximum Gasteiger partial charge on any atom is 0.0842 e. The van der Waals surface area contributed by atoms with Gasteiger partial charge < -0.3 is 5.73 Å². The van der Waals surface area contributed by atoms with E-state index in [1.165, 1.54) is 12.8 Å². The summed E-state index contributed by atoms with van der Waals surface area (Å²) < 4.78 is 0. The van der Waals surface area contributed by atoms with Crippen molar-refractivity contribution >= 4 is 0 Å². The molecule has 0 saturated heterocycles. The smallest absolute Gasteiger partial charge is 0.0842 e. The van der Waals surface area contributed by atoms with E-state index in [9.17, 15) is 4.91 Å². The minimum absolute atomic E-state index is 0.516. The Bertz CT molecular complexity index is 342. The minimum atomic E-state index is 0.516. The normalized spacial score (nSPS) is 42.8. The standard InChI is InChI=1S/C12H16N2O/c13-12(3-7-1-2-7)11-5-10(11)9-4-8(9)6-14-15/h1-3,7-11H,4-6,13H2/b12-3-. The molecule has 0 spiro atoms. The number of rotatable bonds is 5. The monoisotopic (exact) mass is 204 g/mol. The molecule has 0 radical (unpaired) electrons. The van der Waals surface area contributed by atoms with Gasteiger partial charge >= 0.3 is 0 Å². The lowest BCUT2D eigenvalue weighted by Gasteiger charge is -1.99. The van der Waals surface area contributed by atoms with Crippen LogP contribution < -0.4 is 5.73 Å². The van der Waals surface area contributed by atoms with Crippen LogP contribution in [0.25, 0.3) is 0 Å². The van der Waals surface area contributed by atoms with Gasteiger partial charge in [-0.05, 0) is 30.6 Å². The van der Waals surface area contributed by atoms with Gasteiger partial charge in [0.1, 0.15) is 0 Å². The van der Waals surface area contributed by atoms with Crippen LogP contribution in [0.1, 0.15) is 12.8 Å². The van der Waals surface area contributed by atoms with E-state index in [2.05, 4.69) is 23.4 Å². The highest BCUT2D eigenvalue weighted by Gasteiger charge is 2.54. The van der Waals surface area contributed by atoms with Crippen LogP contribution in [0.5, 0.6) is 0 Å². The molecule has 3 heteroatoms. The number of hydrogen-bond donors (Lipinski definition) is 1. The maximum absolute atomic E-state index is 10.1. The van der Waals surface area contributed by atoms with Crippen molar-refractivity contribution in [1.82, 2.24) is 0 Å². The van der Waals surface area contributed by atoms with Gasteiger partial charge in [0, 0.05) is 17.5 Å². The van der Waals surface area contributed by atoms with Crippen LogP contribution >= 0.6 is 0 Å². The first-order valence-electron chi connectivity index (χ1n) is 5.74. The van der Waals surface area contributed by atoms with Crippen LogP contribution in [0.3, 0.4) is 0 Å². The summed E-state index contributed by atoms with van der Waals surface area (Å²) in [7, 11) is 0. The molecule has 0 aromatic carbocycles. The lowest BCUT2D eigenvalue weighted by molar-refractivity contribution is 0.601. The average Bonchev–Trinajstić information content (AvgIpc) is 3.05. The third-order valence-corrected chi connectivity index (χ3v) is 3.90. The van der Waals surface area contributed by atoms with Crippen molar-refractivity contribution in [3.63, 3.8) is 0 Å². The van der Waals surface area contributed by atoms with Crippen LogP contribution in [0, 0.1) is 34.5 Å². The van der Waals surface area contributed by atoms with Gasteiger partial charge in [0.15, 0.2) is 0 Å². The van der Waals surface area contributed by atoms with Crippen LogP contribution in [0.4, 0.5) is 0 Å². The zero-order chi connectivity index (χ0) is 10.4. The number of nitrogens with zero attached hydrogens (tertiary/aromatic N) is 1. The zero-order valence-electron chi connectivity index (χ0n) is 8.67. The summed E-state index contributed by atoms with van der Waals surface area (Å²) in [6.45, 7) is 0.516. The van der Waals surface area contributed by atoms with Crippen molar-refractivity contribution in [2.45, 2.75) is 12.8 Å². The molecule has 4 atom stereocenters. The summed E-state index contributed by atoms with van der Waals surface area (Å²) in [6.07, 6.45) is 8.90. The van der Waals surface area contributed by atoms with E-state index in [1.807, 2.05) is 0 Å². The van der Waals surface area contributed by atoms with Crippen molar-refractivity contribution in [1.29, 1.82) is 0 Å². The molecule has 0 aromatic heterocycles. The van der Waals surface area contributed by atoms with Gasteiger partial charge in [0.2, 0.25) is 0 Å². The van der Waals surface area contributed by atoms with Crippen LogP contribution in [0.2, 0.25) is 0 Å². The van der Waals surface area contributed by atoms with E-state index in [-0.39, 0.29) is 0 Å². The Hall–Kier alpha value is -1.12. The van der Waals surface area contributed by atoms with Crippen LogP contribution in [0.15, 0.2) is 29.1 Å². The molecule has 80 valence electrons. The second kappa shape index (κ2) is 3.19.